The molecule has 2 aromatic carbocycles. The van der Waals surface area contributed by atoms with Gasteiger partial charge in [0.25, 0.3) is 5.91 Å². The molecular formula is C23H26ClN3O4. The summed E-state index contributed by atoms with van der Waals surface area (Å²) in [5.41, 5.74) is 7.44. The Morgan fingerprint density at radius 1 is 1.26 bits per heavy atom. The molecule has 0 radical (unpaired) electrons. The third-order valence-corrected chi connectivity index (χ3v) is 6.08. The van der Waals surface area contributed by atoms with Gasteiger partial charge in [0.1, 0.15) is 17.6 Å². The highest BCUT2D eigenvalue weighted by atomic mass is 35.5. The van der Waals surface area contributed by atoms with Gasteiger partial charge in [0.05, 0.1) is 7.11 Å². The van der Waals surface area contributed by atoms with Crippen molar-refractivity contribution >= 4 is 23.5 Å². The van der Waals surface area contributed by atoms with Crippen LogP contribution in [0.2, 0.25) is 5.02 Å². The monoisotopic (exact) mass is 443 g/mol. The molecule has 0 bridgehead atoms. The molecule has 2 atom stereocenters. The molecule has 2 aromatic rings. The molecule has 7 nitrogen and oxygen atoms in total. The lowest BCUT2D eigenvalue weighted by atomic mass is 9.80. The van der Waals surface area contributed by atoms with Gasteiger partial charge < -0.3 is 19.9 Å². The summed E-state index contributed by atoms with van der Waals surface area (Å²) >= 11 is 6.27. The minimum absolute atomic E-state index is 0.146. The molecule has 0 saturated heterocycles. The molecular weight excluding hydrogens is 418 g/mol. The number of guanidine groups is 1. The number of ether oxygens (including phenoxy) is 3. The average Bonchev–Trinajstić information content (AvgIpc) is 2.97. The van der Waals surface area contributed by atoms with Crippen molar-refractivity contribution in [3.8, 4) is 22.6 Å². The van der Waals surface area contributed by atoms with Crippen molar-refractivity contribution in [2.75, 3.05) is 27.9 Å². The number of carbonyl (C=O) groups is 1. The molecule has 164 valence electrons. The molecule has 31 heavy (non-hydrogen) atoms. The second-order valence-electron chi connectivity index (χ2n) is 7.86. The average molecular weight is 444 g/mol. The van der Waals surface area contributed by atoms with E-state index in [9.17, 15) is 4.79 Å². The number of amides is 1. The first-order chi connectivity index (χ1) is 14.9. The Labute approximate surface area is 186 Å². The van der Waals surface area contributed by atoms with Crippen LogP contribution in [-0.2, 0) is 15.1 Å². The van der Waals surface area contributed by atoms with Crippen LogP contribution in [0, 0.1) is 0 Å². The summed E-state index contributed by atoms with van der Waals surface area (Å²) in [7, 11) is 4.92. The number of methoxy groups -OCH3 is 2. The van der Waals surface area contributed by atoms with E-state index in [1.807, 2.05) is 30.3 Å². The van der Waals surface area contributed by atoms with E-state index in [4.69, 9.17) is 31.5 Å². The second-order valence-corrected chi connectivity index (χ2v) is 8.30. The van der Waals surface area contributed by atoms with Crippen molar-refractivity contribution in [2.24, 2.45) is 10.7 Å². The van der Waals surface area contributed by atoms with Gasteiger partial charge in [0.15, 0.2) is 11.5 Å². The Morgan fingerprint density at radius 2 is 2.06 bits per heavy atom. The van der Waals surface area contributed by atoms with Crippen LogP contribution < -0.4 is 15.2 Å². The summed E-state index contributed by atoms with van der Waals surface area (Å²) in [4.78, 5) is 19.4. The van der Waals surface area contributed by atoms with Gasteiger partial charge in [-0.3, -0.25) is 9.69 Å². The smallest absolute Gasteiger partial charge is 0.261 e. The lowest BCUT2D eigenvalue weighted by Crippen LogP contribution is -2.45. The zero-order valence-corrected chi connectivity index (χ0v) is 18.6. The van der Waals surface area contributed by atoms with E-state index in [2.05, 4.69) is 4.99 Å². The van der Waals surface area contributed by atoms with E-state index in [0.717, 1.165) is 24.0 Å². The number of rotatable bonds is 6. The number of aliphatic imine (C=N–C) groups is 1. The third kappa shape index (κ3) is 3.83. The lowest BCUT2D eigenvalue weighted by Gasteiger charge is -2.37. The Hall–Kier alpha value is -2.77. The Bertz CT molecular complexity index is 1040. The van der Waals surface area contributed by atoms with Gasteiger partial charge in [-0.05, 0) is 54.3 Å². The molecule has 2 aliphatic heterocycles. The highest BCUT2D eigenvalue weighted by molar-refractivity contribution is 6.31. The molecule has 1 amide bonds. The zero-order chi connectivity index (χ0) is 22.2. The van der Waals surface area contributed by atoms with Crippen molar-refractivity contribution in [2.45, 2.75) is 30.9 Å². The number of halogens is 1. The van der Waals surface area contributed by atoms with Crippen LogP contribution in [0.4, 0.5) is 0 Å². The van der Waals surface area contributed by atoms with Crippen molar-refractivity contribution in [1.82, 2.24) is 4.90 Å². The Kier molecular flexibility index (Phi) is 5.81. The Balaban J connectivity index is 1.80. The topological polar surface area (TPSA) is 86.4 Å². The van der Waals surface area contributed by atoms with Gasteiger partial charge in [0, 0.05) is 37.8 Å². The molecule has 0 aliphatic carbocycles. The predicted molar refractivity (Wildman–Crippen MR) is 120 cm³/mol. The van der Waals surface area contributed by atoms with Gasteiger partial charge in [0.2, 0.25) is 0 Å². The molecule has 0 aromatic heterocycles. The summed E-state index contributed by atoms with van der Waals surface area (Å²) in [6.45, 7) is 0.633. The first-order valence-corrected chi connectivity index (χ1v) is 10.5. The number of benzene rings is 2. The molecule has 0 fully saturated rings. The van der Waals surface area contributed by atoms with E-state index in [1.54, 1.807) is 27.3 Å². The normalized spacial score (nSPS) is 22.3. The summed E-state index contributed by atoms with van der Waals surface area (Å²) in [6.07, 6.45) is 1.85. The number of likely N-dealkylation sites (N-methyl/N-ethyl adjacent to an activating group) is 1. The molecule has 0 saturated carbocycles. The fraction of sp³-hybridized carbons (Fsp3) is 0.391. The predicted octanol–water partition coefficient (Wildman–Crippen LogP) is 3.58. The van der Waals surface area contributed by atoms with Crippen molar-refractivity contribution in [1.29, 1.82) is 0 Å². The third-order valence-electron chi connectivity index (χ3n) is 5.86. The molecule has 2 heterocycles. The van der Waals surface area contributed by atoms with Gasteiger partial charge in [-0.25, -0.2) is 4.99 Å². The molecule has 2 aliphatic rings. The summed E-state index contributed by atoms with van der Waals surface area (Å²) < 4.78 is 16.8. The maximum absolute atomic E-state index is 13.3. The molecule has 0 unspecified atom stereocenters. The van der Waals surface area contributed by atoms with E-state index in [-0.39, 0.29) is 18.0 Å². The van der Waals surface area contributed by atoms with E-state index in [1.165, 1.54) is 4.90 Å². The maximum Gasteiger partial charge on any atom is 0.261 e. The molecule has 4 rings (SSSR count). The summed E-state index contributed by atoms with van der Waals surface area (Å²) in [5, 5.41) is 0.565. The highest BCUT2D eigenvalue weighted by Gasteiger charge is 2.53. The Morgan fingerprint density at radius 3 is 2.74 bits per heavy atom. The minimum atomic E-state index is -1.09. The fourth-order valence-corrected chi connectivity index (χ4v) is 4.49. The molecule has 1 spiro atoms. The van der Waals surface area contributed by atoms with Crippen LogP contribution in [0.15, 0.2) is 41.4 Å². The largest absolute Gasteiger partial charge is 0.497 e. The van der Waals surface area contributed by atoms with Crippen LogP contribution in [0.25, 0.3) is 11.1 Å². The van der Waals surface area contributed by atoms with Crippen molar-refractivity contribution in [3.63, 3.8) is 0 Å². The fourth-order valence-electron chi connectivity index (χ4n) is 4.27. The van der Waals surface area contributed by atoms with Crippen LogP contribution in [0.1, 0.15) is 24.8 Å². The lowest BCUT2D eigenvalue weighted by molar-refractivity contribution is -0.132. The number of nitrogens with zero attached hydrogens (tertiary/aromatic N) is 2. The summed E-state index contributed by atoms with van der Waals surface area (Å²) in [5.74, 6) is 1.37. The molecule has 2 N–H and O–H groups in total. The van der Waals surface area contributed by atoms with Gasteiger partial charge in [-0.15, -0.1) is 0 Å². The first kappa shape index (κ1) is 21.5. The zero-order valence-electron chi connectivity index (χ0n) is 17.9. The summed E-state index contributed by atoms with van der Waals surface area (Å²) in [6, 6.07) is 11.3. The van der Waals surface area contributed by atoms with Crippen LogP contribution in [0.5, 0.6) is 11.5 Å². The van der Waals surface area contributed by atoms with E-state index in [0.29, 0.717) is 35.1 Å². The quantitative estimate of drug-likeness (QED) is 0.689. The van der Waals surface area contributed by atoms with E-state index < -0.39 is 5.54 Å². The van der Waals surface area contributed by atoms with Crippen LogP contribution >= 0.6 is 11.6 Å². The maximum atomic E-state index is 13.3. The second kappa shape index (κ2) is 8.40. The first-order valence-electron chi connectivity index (χ1n) is 10.2. The number of fused-ring (bicyclic) bond motifs is 2. The van der Waals surface area contributed by atoms with Crippen molar-refractivity contribution < 1.29 is 19.0 Å². The van der Waals surface area contributed by atoms with Gasteiger partial charge in [-0.2, -0.15) is 0 Å². The van der Waals surface area contributed by atoms with E-state index >= 15 is 0 Å². The number of nitrogens with two attached hydrogens (primary N) is 1. The van der Waals surface area contributed by atoms with Crippen LogP contribution in [0.3, 0.4) is 0 Å². The number of hydrogen-bond acceptors (Lipinski definition) is 6. The van der Waals surface area contributed by atoms with Gasteiger partial charge in [-0.1, -0.05) is 17.7 Å². The highest BCUT2D eigenvalue weighted by Crippen LogP contribution is 2.48. The number of carbonyl (C=O) groups excluding carboxylic acids is 1. The SMILES string of the molecule is COCCC[C@@H]1C[C@]2(N=C(N)N(C)C2=O)c2cc(-c3cc(Cl)cc(OC)c3)ccc2O1. The standard InChI is InChI=1S/C23H26ClN3O4/c1-27-21(28)23(26-22(27)25)13-17(5-4-8-29-2)31-20-7-6-14(11-19(20)23)15-9-16(24)12-18(10-15)30-3/h6-7,9-12,17H,4-5,8,13H2,1-3H3,(H2,25,26)/t17-,23+/m1/s1. The van der Waals surface area contributed by atoms with Crippen LogP contribution in [-0.4, -0.2) is 50.7 Å². The van der Waals surface area contributed by atoms with Gasteiger partial charge >= 0.3 is 0 Å². The molecule has 8 heteroatoms. The minimum Gasteiger partial charge on any atom is -0.497 e. The number of hydrogen-bond donors (Lipinski definition) is 1. The van der Waals surface area contributed by atoms with Crippen molar-refractivity contribution in [3.05, 3.63) is 47.0 Å².